The molecule has 0 amide bonds. The van der Waals surface area contributed by atoms with Gasteiger partial charge in [0.2, 0.25) is 0 Å². The molecule has 0 N–H and O–H groups in total. The second kappa shape index (κ2) is 12.1. The summed E-state index contributed by atoms with van der Waals surface area (Å²) in [6.07, 6.45) is 0. The maximum Gasteiger partial charge on any atom is -0.0260 e. The molecule has 0 aliphatic rings. The molecule has 21 heavy (non-hydrogen) atoms. The van der Waals surface area contributed by atoms with Gasteiger partial charge in [-0.25, -0.2) is 0 Å². The summed E-state index contributed by atoms with van der Waals surface area (Å²) in [6, 6.07) is 0. The van der Waals surface area contributed by atoms with Crippen LogP contribution in [-0.2, 0) is 0 Å². The van der Waals surface area contributed by atoms with Crippen molar-refractivity contribution in [3.8, 4) is 0 Å². The Balaban J connectivity index is -0.000000295. The molecule has 0 nitrogen and oxygen atoms in total. The predicted octanol–water partition coefficient (Wildman–Crippen LogP) is 7.91. The first-order valence-electron chi connectivity index (χ1n) is 8.27. The second-order valence-corrected chi connectivity index (χ2v) is 7.35. The van der Waals surface area contributed by atoms with E-state index >= 15 is 0 Å². The van der Waals surface area contributed by atoms with E-state index in [0.717, 1.165) is 0 Å². The first kappa shape index (κ1) is 25.4. The number of allylic oxidation sites excluding steroid dienone is 4. The van der Waals surface area contributed by atoms with Crippen molar-refractivity contribution in [3.63, 3.8) is 0 Å². The van der Waals surface area contributed by atoms with Gasteiger partial charge in [-0.1, -0.05) is 85.1 Å². The van der Waals surface area contributed by atoms with Gasteiger partial charge in [0.1, 0.15) is 0 Å². The lowest BCUT2D eigenvalue weighted by Crippen LogP contribution is -1.98. The van der Waals surface area contributed by atoms with Gasteiger partial charge in [0.05, 0.1) is 0 Å². The molecular weight excluding hydrogens is 252 g/mol. The summed E-state index contributed by atoms with van der Waals surface area (Å²) in [5.74, 6) is 2.84. The third-order valence-corrected chi connectivity index (χ3v) is 4.71. The topological polar surface area (TPSA) is 0 Å². The standard InChI is InChI=1S/2C10H20.CH4/c2*1-7(2)9(5)10(6)8(3)4;/h2*7-8H,1-6H3;1H4/b10-9+;10-9-;. The van der Waals surface area contributed by atoms with Crippen molar-refractivity contribution in [1.29, 1.82) is 0 Å². The maximum absolute atomic E-state index is 2.25. The molecule has 0 aromatic heterocycles. The van der Waals surface area contributed by atoms with Crippen molar-refractivity contribution in [3.05, 3.63) is 22.3 Å². The van der Waals surface area contributed by atoms with E-state index in [0.29, 0.717) is 23.7 Å². The van der Waals surface area contributed by atoms with E-state index in [2.05, 4.69) is 83.1 Å². The van der Waals surface area contributed by atoms with Gasteiger partial charge in [0.15, 0.2) is 0 Å². The SMILES string of the molecule is C.C/C(=C(/C)C(C)C)C(C)C.C/C(=C(\C)C(C)C)C(C)C. The molecule has 0 aromatic rings. The Kier molecular flexibility index (Phi) is 14.6. The quantitative estimate of drug-likeness (QED) is 0.462. The van der Waals surface area contributed by atoms with Crippen molar-refractivity contribution >= 4 is 0 Å². The number of hydrogen-bond acceptors (Lipinski definition) is 0. The van der Waals surface area contributed by atoms with Gasteiger partial charge in [-0.15, -0.1) is 0 Å². The Morgan fingerprint density at radius 2 is 0.476 bits per heavy atom. The van der Waals surface area contributed by atoms with Crippen LogP contribution in [0.4, 0.5) is 0 Å². The molecule has 0 radical (unpaired) electrons. The van der Waals surface area contributed by atoms with Crippen LogP contribution in [0.5, 0.6) is 0 Å². The highest BCUT2D eigenvalue weighted by atomic mass is 14.1. The molecular formula is C21H44. The van der Waals surface area contributed by atoms with Gasteiger partial charge in [-0.3, -0.25) is 0 Å². The minimum Gasteiger partial charge on any atom is -0.0776 e. The van der Waals surface area contributed by atoms with Crippen LogP contribution in [-0.4, -0.2) is 0 Å². The Labute approximate surface area is 137 Å². The maximum atomic E-state index is 2.25. The molecule has 0 heteroatoms. The van der Waals surface area contributed by atoms with Crippen LogP contribution in [0, 0.1) is 23.7 Å². The van der Waals surface area contributed by atoms with Gasteiger partial charge in [0, 0.05) is 0 Å². The normalized spacial score (nSPS) is 13.7. The zero-order valence-electron chi connectivity index (χ0n) is 16.3. The van der Waals surface area contributed by atoms with Gasteiger partial charge in [-0.05, 0) is 51.4 Å². The highest BCUT2D eigenvalue weighted by Crippen LogP contribution is 2.20. The minimum atomic E-state index is 0. The molecule has 0 saturated heterocycles. The van der Waals surface area contributed by atoms with E-state index in [4.69, 9.17) is 0 Å². The van der Waals surface area contributed by atoms with E-state index in [1.165, 1.54) is 0 Å². The van der Waals surface area contributed by atoms with Gasteiger partial charge >= 0.3 is 0 Å². The zero-order chi connectivity index (χ0) is 16.6. The molecule has 0 bridgehead atoms. The molecule has 0 aliphatic heterocycles. The van der Waals surface area contributed by atoms with Crippen LogP contribution in [0.1, 0.15) is 90.5 Å². The van der Waals surface area contributed by atoms with Crippen LogP contribution in [0.2, 0.25) is 0 Å². The average Bonchev–Trinajstić information content (AvgIpc) is 2.35. The Morgan fingerprint density at radius 1 is 0.381 bits per heavy atom. The molecule has 0 atom stereocenters. The van der Waals surface area contributed by atoms with E-state index in [1.54, 1.807) is 22.3 Å². The molecule has 0 heterocycles. The lowest BCUT2D eigenvalue weighted by Gasteiger charge is -2.13. The first-order chi connectivity index (χ1) is 8.93. The van der Waals surface area contributed by atoms with E-state index in [9.17, 15) is 0 Å². The second-order valence-electron chi connectivity index (χ2n) is 7.35. The molecule has 0 aliphatic carbocycles. The monoisotopic (exact) mass is 296 g/mol. The van der Waals surface area contributed by atoms with E-state index < -0.39 is 0 Å². The van der Waals surface area contributed by atoms with Crippen molar-refractivity contribution in [2.75, 3.05) is 0 Å². The molecule has 0 saturated carbocycles. The fourth-order valence-corrected chi connectivity index (χ4v) is 1.82. The molecule has 0 rings (SSSR count). The smallest absolute Gasteiger partial charge is 0.0260 e. The number of hydrogen-bond donors (Lipinski definition) is 0. The van der Waals surface area contributed by atoms with Gasteiger partial charge in [-0.2, -0.15) is 0 Å². The summed E-state index contributed by atoms with van der Waals surface area (Å²) >= 11 is 0. The van der Waals surface area contributed by atoms with Crippen molar-refractivity contribution in [2.45, 2.75) is 90.5 Å². The third kappa shape index (κ3) is 10.8. The summed E-state index contributed by atoms with van der Waals surface area (Å²) < 4.78 is 0. The van der Waals surface area contributed by atoms with E-state index in [-0.39, 0.29) is 7.43 Å². The van der Waals surface area contributed by atoms with E-state index in [1.807, 2.05) is 0 Å². The van der Waals surface area contributed by atoms with Crippen LogP contribution >= 0.6 is 0 Å². The minimum absolute atomic E-state index is 0. The van der Waals surface area contributed by atoms with Gasteiger partial charge < -0.3 is 0 Å². The third-order valence-electron chi connectivity index (χ3n) is 4.71. The van der Waals surface area contributed by atoms with Crippen molar-refractivity contribution in [1.82, 2.24) is 0 Å². The molecule has 0 aromatic carbocycles. The van der Waals surface area contributed by atoms with Crippen molar-refractivity contribution < 1.29 is 0 Å². The Morgan fingerprint density at radius 3 is 0.524 bits per heavy atom. The molecule has 128 valence electrons. The predicted molar refractivity (Wildman–Crippen MR) is 103 cm³/mol. The lowest BCUT2D eigenvalue weighted by molar-refractivity contribution is 0.691. The zero-order valence-corrected chi connectivity index (χ0v) is 16.3. The highest BCUT2D eigenvalue weighted by molar-refractivity contribution is 5.13. The van der Waals surface area contributed by atoms with Crippen LogP contribution in [0.3, 0.4) is 0 Å². The van der Waals surface area contributed by atoms with Crippen LogP contribution in [0.25, 0.3) is 0 Å². The Bertz CT molecular complexity index is 256. The molecule has 0 unspecified atom stereocenters. The fraction of sp³-hybridized carbons (Fsp3) is 0.810. The first-order valence-corrected chi connectivity index (χ1v) is 8.27. The Hall–Kier alpha value is -0.520. The summed E-state index contributed by atoms with van der Waals surface area (Å²) in [4.78, 5) is 0. The summed E-state index contributed by atoms with van der Waals surface area (Å²) in [7, 11) is 0. The van der Waals surface area contributed by atoms with Crippen LogP contribution in [0.15, 0.2) is 22.3 Å². The van der Waals surface area contributed by atoms with Crippen LogP contribution < -0.4 is 0 Å². The largest absolute Gasteiger partial charge is 0.0776 e. The van der Waals surface area contributed by atoms with Gasteiger partial charge in [0.25, 0.3) is 0 Å². The average molecular weight is 297 g/mol. The lowest BCUT2D eigenvalue weighted by atomic mass is 9.93. The summed E-state index contributed by atoms with van der Waals surface area (Å²) in [5.41, 5.74) is 6.20. The number of rotatable bonds is 4. The molecule has 0 fully saturated rings. The van der Waals surface area contributed by atoms with Crippen molar-refractivity contribution in [2.24, 2.45) is 23.7 Å². The summed E-state index contributed by atoms with van der Waals surface area (Å²) in [5, 5.41) is 0. The highest BCUT2D eigenvalue weighted by Gasteiger charge is 2.04. The molecule has 0 spiro atoms. The fourth-order valence-electron chi connectivity index (χ4n) is 1.82. The summed E-state index contributed by atoms with van der Waals surface area (Å²) in [6.45, 7) is 27.0.